The van der Waals surface area contributed by atoms with Gasteiger partial charge in [0.2, 0.25) is 0 Å². The Balaban J connectivity index is 1.50. The van der Waals surface area contributed by atoms with Crippen molar-refractivity contribution in [3.8, 4) is 22.4 Å². The molecule has 1 atom stereocenters. The average molecular weight is 511 g/mol. The van der Waals surface area contributed by atoms with Gasteiger partial charge in [0.15, 0.2) is 5.65 Å². The van der Waals surface area contributed by atoms with E-state index in [-0.39, 0.29) is 11.9 Å². The first-order valence-electron chi connectivity index (χ1n) is 10.9. The highest BCUT2D eigenvalue weighted by molar-refractivity contribution is 9.10. The average Bonchev–Trinajstić information content (AvgIpc) is 3.26. The largest absolute Gasteiger partial charge is 0.383 e. The molecule has 4 heterocycles. The molecule has 0 bridgehead atoms. The molecular weight excluding hydrogens is 487 g/mol. The van der Waals surface area contributed by atoms with E-state index in [0.717, 1.165) is 47.3 Å². The van der Waals surface area contributed by atoms with E-state index in [9.17, 15) is 4.39 Å². The lowest BCUT2D eigenvalue weighted by Crippen LogP contribution is -2.37. The van der Waals surface area contributed by atoms with Crippen LogP contribution in [0.15, 0.2) is 53.3 Å². The number of nitrogens with two attached hydrogens (primary N) is 1. The van der Waals surface area contributed by atoms with Gasteiger partial charge in [-0.15, -0.1) is 0 Å². The number of benzene rings is 1. The molecule has 0 amide bonds. The molecule has 0 radical (unpaired) electrons. The summed E-state index contributed by atoms with van der Waals surface area (Å²) < 4.78 is 21.9. The molecule has 1 aliphatic heterocycles. The van der Waals surface area contributed by atoms with Crippen molar-refractivity contribution < 1.29 is 9.13 Å². The first-order chi connectivity index (χ1) is 16.0. The number of nitrogens with one attached hydrogen (secondary N) is 1. The molecule has 1 aromatic carbocycles. The van der Waals surface area contributed by atoms with Crippen LogP contribution in [-0.4, -0.2) is 38.8 Å². The van der Waals surface area contributed by atoms with Crippen LogP contribution in [0.1, 0.15) is 31.5 Å². The van der Waals surface area contributed by atoms with Gasteiger partial charge in [-0.25, -0.2) is 9.37 Å². The molecule has 3 aromatic heterocycles. The lowest BCUT2D eigenvalue weighted by atomic mass is 10.1. The predicted molar refractivity (Wildman–Crippen MR) is 129 cm³/mol. The first kappa shape index (κ1) is 21.9. The fraction of sp³-hybridized carbons (Fsp3) is 0.292. The molecule has 170 valence electrons. The fourth-order valence-electron chi connectivity index (χ4n) is 4.18. The topological polar surface area (TPSA) is 90.4 Å². The standard InChI is InChI=1S/C24H24BrFN6O/c1-14(30-16-8-10-33-11-9-16)22-21(25)23(27)32-24(31-22)18(13-29-32)15-6-7-20(28-12-15)17-4-2-3-5-19(17)26/h2-7,12-14,16,30H,8-11,27H2,1H3. The van der Waals surface area contributed by atoms with E-state index < -0.39 is 0 Å². The Kier molecular flexibility index (Phi) is 6.09. The van der Waals surface area contributed by atoms with Gasteiger partial charge in [-0.2, -0.15) is 9.61 Å². The molecule has 1 aliphatic rings. The third kappa shape index (κ3) is 4.23. The molecule has 5 rings (SSSR count). The van der Waals surface area contributed by atoms with Gasteiger partial charge in [-0.1, -0.05) is 18.2 Å². The minimum absolute atomic E-state index is 0.0147. The molecule has 4 aromatic rings. The van der Waals surface area contributed by atoms with E-state index in [1.165, 1.54) is 6.07 Å². The van der Waals surface area contributed by atoms with Crippen LogP contribution in [0.25, 0.3) is 28.0 Å². The number of halogens is 2. The third-order valence-electron chi connectivity index (χ3n) is 5.99. The van der Waals surface area contributed by atoms with Gasteiger partial charge in [0.25, 0.3) is 0 Å². The van der Waals surface area contributed by atoms with Gasteiger partial charge in [0.1, 0.15) is 11.6 Å². The predicted octanol–water partition coefficient (Wildman–Crippen LogP) is 4.77. The number of hydrogen-bond acceptors (Lipinski definition) is 6. The minimum Gasteiger partial charge on any atom is -0.383 e. The second-order valence-corrected chi connectivity index (χ2v) is 8.97. The van der Waals surface area contributed by atoms with Crippen molar-refractivity contribution in [2.75, 3.05) is 18.9 Å². The summed E-state index contributed by atoms with van der Waals surface area (Å²) in [5.74, 6) is 0.182. The van der Waals surface area contributed by atoms with E-state index in [4.69, 9.17) is 15.5 Å². The van der Waals surface area contributed by atoms with E-state index in [0.29, 0.717) is 28.8 Å². The molecule has 33 heavy (non-hydrogen) atoms. The maximum Gasteiger partial charge on any atom is 0.165 e. The zero-order valence-corrected chi connectivity index (χ0v) is 19.7. The Labute approximate surface area is 199 Å². The van der Waals surface area contributed by atoms with Gasteiger partial charge in [-0.05, 0) is 53.9 Å². The zero-order chi connectivity index (χ0) is 22.9. The van der Waals surface area contributed by atoms with E-state index in [1.54, 1.807) is 41.2 Å². The summed E-state index contributed by atoms with van der Waals surface area (Å²) >= 11 is 3.61. The van der Waals surface area contributed by atoms with Crippen LogP contribution in [0.2, 0.25) is 0 Å². The molecule has 7 nitrogen and oxygen atoms in total. The Morgan fingerprint density at radius 3 is 2.67 bits per heavy atom. The Morgan fingerprint density at radius 2 is 1.94 bits per heavy atom. The third-order valence-corrected chi connectivity index (χ3v) is 6.80. The number of hydrogen-bond donors (Lipinski definition) is 2. The zero-order valence-electron chi connectivity index (χ0n) is 18.1. The number of fused-ring (bicyclic) bond motifs is 1. The van der Waals surface area contributed by atoms with Crippen molar-refractivity contribution in [3.05, 3.63) is 64.8 Å². The summed E-state index contributed by atoms with van der Waals surface area (Å²) in [7, 11) is 0. The lowest BCUT2D eigenvalue weighted by Gasteiger charge is -2.27. The fourth-order valence-corrected chi connectivity index (χ4v) is 4.78. The van der Waals surface area contributed by atoms with Crippen LogP contribution < -0.4 is 11.1 Å². The Morgan fingerprint density at radius 1 is 1.15 bits per heavy atom. The maximum absolute atomic E-state index is 14.1. The molecule has 1 fully saturated rings. The normalized spacial score (nSPS) is 15.7. The highest BCUT2D eigenvalue weighted by Gasteiger charge is 2.23. The maximum atomic E-state index is 14.1. The summed E-state index contributed by atoms with van der Waals surface area (Å²) in [4.78, 5) is 9.40. The van der Waals surface area contributed by atoms with Gasteiger partial charge in [0.05, 0.1) is 22.1 Å². The van der Waals surface area contributed by atoms with E-state index in [2.05, 4.69) is 38.3 Å². The molecule has 3 N–H and O–H groups in total. The Bertz CT molecular complexity index is 1290. The van der Waals surface area contributed by atoms with Crippen LogP contribution in [0.4, 0.5) is 10.2 Å². The molecular formula is C24H24BrFN6O. The number of nitrogens with zero attached hydrogens (tertiary/aromatic N) is 4. The number of aromatic nitrogens is 4. The number of pyridine rings is 1. The smallest absolute Gasteiger partial charge is 0.165 e. The van der Waals surface area contributed by atoms with E-state index >= 15 is 0 Å². The SMILES string of the molecule is CC(NC1CCOCC1)c1nc2c(-c3ccc(-c4ccccc4F)nc3)cnn2c(N)c1Br. The number of ether oxygens (including phenoxy) is 1. The summed E-state index contributed by atoms with van der Waals surface area (Å²) in [6.45, 7) is 3.62. The second kappa shape index (κ2) is 9.17. The molecule has 0 aliphatic carbocycles. The van der Waals surface area contributed by atoms with Crippen molar-refractivity contribution in [2.24, 2.45) is 0 Å². The van der Waals surface area contributed by atoms with Crippen molar-refractivity contribution in [3.63, 3.8) is 0 Å². The van der Waals surface area contributed by atoms with E-state index in [1.807, 2.05) is 6.07 Å². The highest BCUT2D eigenvalue weighted by Crippen LogP contribution is 2.33. The number of nitrogen functional groups attached to an aromatic ring is 1. The number of rotatable bonds is 5. The Hall–Kier alpha value is -2.88. The molecule has 9 heteroatoms. The van der Waals surface area contributed by atoms with Crippen molar-refractivity contribution >= 4 is 27.4 Å². The van der Waals surface area contributed by atoms with Crippen molar-refractivity contribution in [2.45, 2.75) is 31.8 Å². The molecule has 0 spiro atoms. The van der Waals surface area contributed by atoms with Crippen LogP contribution in [0.3, 0.4) is 0 Å². The van der Waals surface area contributed by atoms with Crippen LogP contribution in [0, 0.1) is 5.82 Å². The minimum atomic E-state index is -0.302. The second-order valence-electron chi connectivity index (χ2n) is 8.18. The lowest BCUT2D eigenvalue weighted by molar-refractivity contribution is 0.0753. The van der Waals surface area contributed by atoms with Crippen LogP contribution in [0.5, 0.6) is 0 Å². The molecule has 1 unspecified atom stereocenters. The molecule has 0 saturated carbocycles. The van der Waals surface area contributed by atoms with Gasteiger partial charge in [0, 0.05) is 48.2 Å². The van der Waals surface area contributed by atoms with Gasteiger partial charge >= 0.3 is 0 Å². The summed E-state index contributed by atoms with van der Waals surface area (Å²) in [6, 6.07) is 10.7. The molecule has 1 saturated heterocycles. The monoisotopic (exact) mass is 510 g/mol. The van der Waals surface area contributed by atoms with Crippen molar-refractivity contribution in [1.82, 2.24) is 24.9 Å². The van der Waals surface area contributed by atoms with Crippen molar-refractivity contribution in [1.29, 1.82) is 0 Å². The quantitative estimate of drug-likeness (QED) is 0.401. The van der Waals surface area contributed by atoms with Crippen LogP contribution >= 0.6 is 15.9 Å². The van der Waals surface area contributed by atoms with Crippen LogP contribution in [-0.2, 0) is 4.74 Å². The summed E-state index contributed by atoms with van der Waals surface area (Å²) in [5, 5.41) is 8.09. The highest BCUT2D eigenvalue weighted by atomic mass is 79.9. The summed E-state index contributed by atoms with van der Waals surface area (Å²) in [5.41, 5.74) is 10.5. The number of anilines is 1. The van der Waals surface area contributed by atoms with Gasteiger partial charge in [-0.3, -0.25) is 4.98 Å². The first-order valence-corrected chi connectivity index (χ1v) is 11.7. The van der Waals surface area contributed by atoms with Gasteiger partial charge < -0.3 is 15.8 Å². The summed E-state index contributed by atoms with van der Waals surface area (Å²) in [6.07, 6.45) is 5.38.